The molecule has 1 aliphatic carbocycles. The third-order valence-corrected chi connectivity index (χ3v) is 4.57. The van der Waals surface area contributed by atoms with Gasteiger partial charge in [0.15, 0.2) is 0 Å². The number of anilines is 1. The zero-order valence-electron chi connectivity index (χ0n) is 12.3. The minimum Gasteiger partial charge on any atom is -0.340 e. The van der Waals surface area contributed by atoms with Crippen LogP contribution in [0.1, 0.15) is 32.1 Å². The van der Waals surface area contributed by atoms with Crippen molar-refractivity contribution in [3.8, 4) is 0 Å². The summed E-state index contributed by atoms with van der Waals surface area (Å²) in [4.78, 5) is 28.5. The summed E-state index contributed by atoms with van der Waals surface area (Å²) < 4.78 is 0. The van der Waals surface area contributed by atoms with Crippen molar-refractivity contribution in [2.75, 3.05) is 24.5 Å². The van der Waals surface area contributed by atoms with Gasteiger partial charge in [-0.15, -0.1) is 0 Å². The Hall–Kier alpha value is -1.84. The van der Waals surface area contributed by atoms with Gasteiger partial charge >= 0.3 is 0 Å². The van der Waals surface area contributed by atoms with E-state index in [1.807, 2.05) is 40.1 Å². The van der Waals surface area contributed by atoms with E-state index in [0.29, 0.717) is 26.1 Å². The van der Waals surface area contributed by atoms with Gasteiger partial charge in [0.25, 0.3) is 0 Å². The fourth-order valence-electron chi connectivity index (χ4n) is 3.36. The summed E-state index contributed by atoms with van der Waals surface area (Å²) in [6.45, 7) is 1.81. The number of carbonyl (C=O) groups is 2. The highest BCUT2D eigenvalue weighted by atomic mass is 16.2. The Morgan fingerprint density at radius 1 is 1.00 bits per heavy atom. The van der Waals surface area contributed by atoms with E-state index in [1.54, 1.807) is 0 Å². The van der Waals surface area contributed by atoms with Gasteiger partial charge in [-0.25, -0.2) is 0 Å². The second-order valence-corrected chi connectivity index (χ2v) is 5.94. The standard InChI is InChI=1S/C17H22N2O2/c20-16-10-11-18(17(21)14-6-4-5-7-14)12-13-19(16)15-8-2-1-3-9-15/h1-3,8-9,14H,4-7,10-13H2. The highest BCUT2D eigenvalue weighted by Crippen LogP contribution is 2.27. The lowest BCUT2D eigenvalue weighted by Gasteiger charge is -2.24. The molecule has 21 heavy (non-hydrogen) atoms. The number of hydrogen-bond donors (Lipinski definition) is 0. The number of para-hydroxylation sites is 1. The minimum atomic E-state index is 0.114. The van der Waals surface area contributed by atoms with Crippen LogP contribution in [0.2, 0.25) is 0 Å². The lowest BCUT2D eigenvalue weighted by atomic mass is 10.1. The maximum absolute atomic E-state index is 12.5. The first-order valence-electron chi connectivity index (χ1n) is 7.90. The van der Waals surface area contributed by atoms with E-state index in [9.17, 15) is 9.59 Å². The number of hydrogen-bond acceptors (Lipinski definition) is 2. The third-order valence-electron chi connectivity index (χ3n) is 4.57. The highest BCUT2D eigenvalue weighted by molar-refractivity contribution is 5.94. The monoisotopic (exact) mass is 286 g/mol. The average Bonchev–Trinajstić information content (AvgIpc) is 2.98. The second-order valence-electron chi connectivity index (χ2n) is 5.94. The van der Waals surface area contributed by atoms with Crippen molar-refractivity contribution in [1.29, 1.82) is 0 Å². The number of amides is 2. The van der Waals surface area contributed by atoms with Gasteiger partial charge in [0, 0.05) is 37.7 Å². The molecule has 0 radical (unpaired) electrons. The summed E-state index contributed by atoms with van der Waals surface area (Å²) in [5, 5.41) is 0. The van der Waals surface area contributed by atoms with Crippen molar-refractivity contribution in [1.82, 2.24) is 4.90 Å². The molecule has 2 aliphatic rings. The molecule has 0 spiro atoms. The summed E-state index contributed by atoms with van der Waals surface area (Å²) in [6.07, 6.45) is 4.79. The van der Waals surface area contributed by atoms with Crippen molar-refractivity contribution in [2.24, 2.45) is 5.92 Å². The van der Waals surface area contributed by atoms with Crippen LogP contribution in [0.15, 0.2) is 30.3 Å². The van der Waals surface area contributed by atoms with Gasteiger partial charge in [-0.2, -0.15) is 0 Å². The predicted octanol–water partition coefficient (Wildman–Crippen LogP) is 2.44. The van der Waals surface area contributed by atoms with Crippen LogP contribution in [-0.4, -0.2) is 36.3 Å². The summed E-state index contributed by atoms with van der Waals surface area (Å²) in [5.41, 5.74) is 0.928. The van der Waals surface area contributed by atoms with Crippen molar-refractivity contribution in [3.05, 3.63) is 30.3 Å². The second kappa shape index (κ2) is 6.29. The number of nitrogens with zero attached hydrogens (tertiary/aromatic N) is 2. The normalized spacial score (nSPS) is 20.7. The van der Waals surface area contributed by atoms with E-state index in [0.717, 1.165) is 18.5 Å². The average molecular weight is 286 g/mol. The molecule has 1 aromatic rings. The Bertz CT molecular complexity index is 509. The molecular weight excluding hydrogens is 264 g/mol. The van der Waals surface area contributed by atoms with Crippen LogP contribution in [0.25, 0.3) is 0 Å². The SMILES string of the molecule is O=C(C1CCCC1)N1CCC(=O)N(c2ccccc2)CC1. The van der Waals surface area contributed by atoms with Crippen molar-refractivity contribution in [3.63, 3.8) is 0 Å². The Morgan fingerprint density at radius 3 is 2.43 bits per heavy atom. The summed E-state index contributed by atoms with van der Waals surface area (Å²) in [6, 6.07) is 9.73. The predicted molar refractivity (Wildman–Crippen MR) is 82.0 cm³/mol. The molecule has 2 amide bonds. The van der Waals surface area contributed by atoms with Crippen LogP contribution in [0.4, 0.5) is 5.69 Å². The van der Waals surface area contributed by atoms with Gasteiger partial charge in [-0.3, -0.25) is 9.59 Å². The van der Waals surface area contributed by atoms with E-state index in [2.05, 4.69) is 0 Å². The Balaban J connectivity index is 1.68. The Labute approximate surface area is 125 Å². The molecule has 1 saturated heterocycles. The van der Waals surface area contributed by atoms with E-state index in [4.69, 9.17) is 0 Å². The summed E-state index contributed by atoms with van der Waals surface area (Å²) in [7, 11) is 0. The van der Waals surface area contributed by atoms with Gasteiger partial charge in [-0.1, -0.05) is 31.0 Å². The minimum absolute atomic E-state index is 0.114. The molecule has 0 unspecified atom stereocenters. The van der Waals surface area contributed by atoms with Crippen molar-refractivity contribution in [2.45, 2.75) is 32.1 Å². The van der Waals surface area contributed by atoms with Crippen LogP contribution >= 0.6 is 0 Å². The third kappa shape index (κ3) is 3.09. The molecule has 4 nitrogen and oxygen atoms in total. The van der Waals surface area contributed by atoms with Crippen LogP contribution < -0.4 is 4.90 Å². The number of rotatable bonds is 2. The molecular formula is C17H22N2O2. The summed E-state index contributed by atoms with van der Waals surface area (Å²) in [5.74, 6) is 0.571. The van der Waals surface area contributed by atoms with Crippen LogP contribution in [-0.2, 0) is 9.59 Å². The molecule has 0 aromatic heterocycles. The lowest BCUT2D eigenvalue weighted by Crippen LogP contribution is -2.38. The van der Waals surface area contributed by atoms with Gasteiger partial charge in [0.2, 0.25) is 11.8 Å². The maximum atomic E-state index is 12.5. The zero-order chi connectivity index (χ0) is 14.7. The molecule has 112 valence electrons. The van der Waals surface area contributed by atoms with Gasteiger partial charge in [-0.05, 0) is 25.0 Å². The van der Waals surface area contributed by atoms with E-state index in [1.165, 1.54) is 12.8 Å². The van der Waals surface area contributed by atoms with Gasteiger partial charge < -0.3 is 9.80 Å². The highest BCUT2D eigenvalue weighted by Gasteiger charge is 2.30. The van der Waals surface area contributed by atoms with E-state index in [-0.39, 0.29) is 17.7 Å². The fourth-order valence-corrected chi connectivity index (χ4v) is 3.36. The molecule has 4 heteroatoms. The Kier molecular flexibility index (Phi) is 4.23. The molecule has 1 heterocycles. The molecule has 0 bridgehead atoms. The lowest BCUT2D eigenvalue weighted by molar-refractivity contribution is -0.135. The van der Waals surface area contributed by atoms with Gasteiger partial charge in [0.1, 0.15) is 0 Å². The van der Waals surface area contributed by atoms with Crippen LogP contribution in [0, 0.1) is 5.92 Å². The zero-order valence-corrected chi connectivity index (χ0v) is 12.3. The van der Waals surface area contributed by atoms with Crippen LogP contribution in [0.3, 0.4) is 0 Å². The Morgan fingerprint density at radius 2 is 1.71 bits per heavy atom. The largest absolute Gasteiger partial charge is 0.340 e. The van der Waals surface area contributed by atoms with Gasteiger partial charge in [0.05, 0.1) is 0 Å². The number of carbonyl (C=O) groups excluding carboxylic acids is 2. The first-order chi connectivity index (χ1) is 10.3. The molecule has 2 fully saturated rings. The topological polar surface area (TPSA) is 40.6 Å². The smallest absolute Gasteiger partial charge is 0.228 e. The quantitative estimate of drug-likeness (QED) is 0.838. The molecule has 0 atom stereocenters. The van der Waals surface area contributed by atoms with E-state index >= 15 is 0 Å². The van der Waals surface area contributed by atoms with Crippen molar-refractivity contribution >= 4 is 17.5 Å². The molecule has 3 rings (SSSR count). The maximum Gasteiger partial charge on any atom is 0.228 e. The molecule has 1 aliphatic heterocycles. The molecule has 1 aromatic carbocycles. The first-order valence-corrected chi connectivity index (χ1v) is 7.90. The fraction of sp³-hybridized carbons (Fsp3) is 0.529. The molecule has 1 saturated carbocycles. The van der Waals surface area contributed by atoms with Crippen LogP contribution in [0.5, 0.6) is 0 Å². The first kappa shape index (κ1) is 14.1. The molecule has 0 N–H and O–H groups in total. The number of benzene rings is 1. The van der Waals surface area contributed by atoms with Crippen molar-refractivity contribution < 1.29 is 9.59 Å². The summed E-state index contributed by atoms with van der Waals surface area (Å²) >= 11 is 0. The van der Waals surface area contributed by atoms with E-state index < -0.39 is 0 Å².